The highest BCUT2D eigenvalue weighted by Crippen LogP contribution is 2.44. The number of para-hydroxylation sites is 2. The monoisotopic (exact) mass is 355 g/mol. The summed E-state index contributed by atoms with van der Waals surface area (Å²) in [6.07, 6.45) is 6.65. The van der Waals surface area contributed by atoms with E-state index in [1.807, 2.05) is 24.3 Å². The van der Waals surface area contributed by atoms with Crippen LogP contribution in [0.3, 0.4) is 0 Å². The number of ether oxygens (including phenoxy) is 1. The molecule has 1 amide bonds. The topological polar surface area (TPSA) is 84.1 Å². The highest BCUT2D eigenvalue weighted by Gasteiger charge is 2.52. The SMILES string of the molecule is O=C1CC(C(=O)NCCCc2nc3ccccc3[nH]2)C2(CCCCC2)O1. The van der Waals surface area contributed by atoms with Crippen LogP contribution in [0.1, 0.15) is 50.8 Å². The van der Waals surface area contributed by atoms with Crippen LogP contribution in [-0.4, -0.2) is 34.0 Å². The molecule has 2 aromatic rings. The summed E-state index contributed by atoms with van der Waals surface area (Å²) in [5.74, 6) is 0.335. The summed E-state index contributed by atoms with van der Waals surface area (Å²) in [6.45, 7) is 0.580. The normalized spacial score (nSPS) is 21.8. The highest BCUT2D eigenvalue weighted by atomic mass is 16.6. The van der Waals surface area contributed by atoms with Crippen molar-refractivity contribution in [2.24, 2.45) is 5.92 Å². The van der Waals surface area contributed by atoms with Gasteiger partial charge in [0.2, 0.25) is 5.91 Å². The second-order valence-corrected chi connectivity index (χ2v) is 7.45. The summed E-state index contributed by atoms with van der Waals surface area (Å²) in [7, 11) is 0. The Morgan fingerprint density at radius 1 is 1.27 bits per heavy atom. The van der Waals surface area contributed by atoms with Gasteiger partial charge in [0, 0.05) is 13.0 Å². The van der Waals surface area contributed by atoms with E-state index in [4.69, 9.17) is 4.74 Å². The number of rotatable bonds is 5. The number of aromatic nitrogens is 2. The van der Waals surface area contributed by atoms with E-state index in [0.717, 1.165) is 61.8 Å². The van der Waals surface area contributed by atoms with Crippen molar-refractivity contribution >= 4 is 22.9 Å². The van der Waals surface area contributed by atoms with Crippen LogP contribution < -0.4 is 5.32 Å². The standard InChI is InChI=1S/C20H25N3O3/c24-18-13-14(20(26-18)10-4-1-5-11-20)19(25)21-12-6-9-17-22-15-7-2-3-8-16(15)23-17/h2-3,7-8,14H,1,4-6,9-13H2,(H,21,25)(H,22,23). The molecule has 2 N–H and O–H groups in total. The largest absolute Gasteiger partial charge is 0.458 e. The molecule has 1 aliphatic carbocycles. The number of aromatic amines is 1. The Hall–Kier alpha value is -2.37. The molecule has 1 aliphatic heterocycles. The van der Waals surface area contributed by atoms with Gasteiger partial charge in [0.25, 0.3) is 0 Å². The zero-order chi connectivity index (χ0) is 18.0. The lowest BCUT2D eigenvalue weighted by molar-refractivity contribution is -0.153. The van der Waals surface area contributed by atoms with Crippen molar-refractivity contribution in [1.82, 2.24) is 15.3 Å². The fourth-order valence-corrected chi connectivity index (χ4v) is 4.34. The van der Waals surface area contributed by atoms with Crippen LogP contribution in [0.5, 0.6) is 0 Å². The van der Waals surface area contributed by atoms with Gasteiger partial charge in [-0.1, -0.05) is 18.6 Å². The molecule has 1 spiro atoms. The van der Waals surface area contributed by atoms with E-state index in [1.54, 1.807) is 0 Å². The number of aryl methyl sites for hydroxylation is 1. The molecule has 6 heteroatoms. The van der Waals surface area contributed by atoms with E-state index in [1.165, 1.54) is 0 Å². The molecule has 1 unspecified atom stereocenters. The molecule has 1 saturated carbocycles. The van der Waals surface area contributed by atoms with Gasteiger partial charge in [-0.25, -0.2) is 4.98 Å². The lowest BCUT2D eigenvalue weighted by atomic mass is 9.75. The lowest BCUT2D eigenvalue weighted by Gasteiger charge is -2.36. The van der Waals surface area contributed by atoms with Crippen LogP contribution >= 0.6 is 0 Å². The molecule has 138 valence electrons. The third-order valence-corrected chi connectivity index (χ3v) is 5.67. The number of hydrogen-bond donors (Lipinski definition) is 2. The molecule has 4 rings (SSSR count). The van der Waals surface area contributed by atoms with E-state index in [9.17, 15) is 9.59 Å². The van der Waals surface area contributed by atoms with E-state index >= 15 is 0 Å². The minimum atomic E-state index is -0.543. The number of amides is 1. The maximum absolute atomic E-state index is 12.6. The van der Waals surface area contributed by atoms with E-state index in [0.29, 0.717) is 6.54 Å². The maximum Gasteiger partial charge on any atom is 0.307 e. The number of H-pyrrole nitrogens is 1. The second kappa shape index (κ2) is 7.09. The van der Waals surface area contributed by atoms with Crippen LogP contribution in [0.2, 0.25) is 0 Å². The summed E-state index contributed by atoms with van der Waals surface area (Å²) in [5.41, 5.74) is 1.46. The van der Waals surface area contributed by atoms with Crippen molar-refractivity contribution in [1.29, 1.82) is 0 Å². The highest BCUT2D eigenvalue weighted by molar-refractivity contribution is 5.87. The number of hydrogen-bond acceptors (Lipinski definition) is 4. The maximum atomic E-state index is 12.6. The minimum Gasteiger partial charge on any atom is -0.458 e. The number of nitrogens with one attached hydrogen (secondary N) is 2. The van der Waals surface area contributed by atoms with Gasteiger partial charge >= 0.3 is 5.97 Å². The Morgan fingerprint density at radius 2 is 2.08 bits per heavy atom. The van der Waals surface area contributed by atoms with Crippen molar-refractivity contribution in [3.05, 3.63) is 30.1 Å². The number of fused-ring (bicyclic) bond motifs is 1. The Labute approximate surface area is 152 Å². The van der Waals surface area contributed by atoms with E-state index in [2.05, 4.69) is 15.3 Å². The van der Waals surface area contributed by atoms with Crippen molar-refractivity contribution < 1.29 is 14.3 Å². The fourth-order valence-electron chi connectivity index (χ4n) is 4.34. The van der Waals surface area contributed by atoms with Gasteiger partial charge in [0.05, 0.1) is 23.4 Å². The molecule has 2 heterocycles. The van der Waals surface area contributed by atoms with Crippen LogP contribution in [0.25, 0.3) is 11.0 Å². The first-order valence-electron chi connectivity index (χ1n) is 9.59. The van der Waals surface area contributed by atoms with Gasteiger partial charge in [-0.3, -0.25) is 9.59 Å². The predicted octanol–water partition coefficient (Wildman–Crippen LogP) is 2.88. The van der Waals surface area contributed by atoms with Gasteiger partial charge in [0.15, 0.2) is 0 Å². The van der Waals surface area contributed by atoms with E-state index < -0.39 is 5.60 Å². The number of esters is 1. The Bertz CT molecular complexity index is 774. The zero-order valence-electron chi connectivity index (χ0n) is 14.9. The third kappa shape index (κ3) is 3.32. The summed E-state index contributed by atoms with van der Waals surface area (Å²) in [4.78, 5) is 32.3. The van der Waals surface area contributed by atoms with Crippen LogP contribution in [0, 0.1) is 5.92 Å². The van der Waals surface area contributed by atoms with Crippen molar-refractivity contribution in [3.8, 4) is 0 Å². The molecular weight excluding hydrogens is 330 g/mol. The van der Waals surface area contributed by atoms with Gasteiger partial charge in [0.1, 0.15) is 11.4 Å². The molecular formula is C20H25N3O3. The molecule has 0 radical (unpaired) electrons. The predicted molar refractivity (Wildman–Crippen MR) is 97.4 cm³/mol. The first-order chi connectivity index (χ1) is 12.7. The third-order valence-electron chi connectivity index (χ3n) is 5.67. The average Bonchev–Trinajstić information content (AvgIpc) is 3.19. The summed E-state index contributed by atoms with van der Waals surface area (Å²) < 4.78 is 5.62. The fraction of sp³-hybridized carbons (Fsp3) is 0.550. The van der Waals surface area contributed by atoms with Crippen LogP contribution in [0.15, 0.2) is 24.3 Å². The first-order valence-corrected chi connectivity index (χ1v) is 9.59. The molecule has 1 atom stereocenters. The number of nitrogens with zero attached hydrogens (tertiary/aromatic N) is 1. The number of carbonyl (C=O) groups is 2. The molecule has 2 fully saturated rings. The smallest absolute Gasteiger partial charge is 0.307 e. The van der Waals surface area contributed by atoms with Gasteiger partial charge in [-0.15, -0.1) is 0 Å². The van der Waals surface area contributed by atoms with Gasteiger partial charge < -0.3 is 15.0 Å². The van der Waals surface area contributed by atoms with Crippen LogP contribution in [-0.2, 0) is 20.7 Å². The Morgan fingerprint density at radius 3 is 2.88 bits per heavy atom. The number of imidazole rings is 1. The van der Waals surface area contributed by atoms with Crippen molar-refractivity contribution in [2.45, 2.75) is 57.0 Å². The molecule has 26 heavy (non-hydrogen) atoms. The summed E-state index contributed by atoms with van der Waals surface area (Å²) in [6, 6.07) is 7.95. The van der Waals surface area contributed by atoms with Crippen LogP contribution in [0.4, 0.5) is 0 Å². The Balaban J connectivity index is 1.30. The summed E-state index contributed by atoms with van der Waals surface area (Å²) >= 11 is 0. The van der Waals surface area contributed by atoms with E-state index in [-0.39, 0.29) is 24.2 Å². The molecule has 1 aromatic heterocycles. The zero-order valence-corrected chi connectivity index (χ0v) is 14.9. The summed E-state index contributed by atoms with van der Waals surface area (Å²) in [5, 5.41) is 3.01. The molecule has 1 aromatic carbocycles. The van der Waals surface area contributed by atoms with Gasteiger partial charge in [-0.05, 0) is 44.2 Å². The average molecular weight is 355 g/mol. The quantitative estimate of drug-likeness (QED) is 0.638. The lowest BCUT2D eigenvalue weighted by Crippen LogP contribution is -2.46. The molecule has 2 aliphatic rings. The molecule has 0 bridgehead atoms. The number of carbonyl (C=O) groups excluding carboxylic acids is 2. The number of benzene rings is 1. The Kier molecular flexibility index (Phi) is 4.66. The van der Waals surface area contributed by atoms with Crippen molar-refractivity contribution in [3.63, 3.8) is 0 Å². The first kappa shape index (κ1) is 17.1. The minimum absolute atomic E-state index is 0.0395. The van der Waals surface area contributed by atoms with Crippen molar-refractivity contribution in [2.75, 3.05) is 6.54 Å². The second-order valence-electron chi connectivity index (χ2n) is 7.45. The molecule has 6 nitrogen and oxygen atoms in total. The van der Waals surface area contributed by atoms with Gasteiger partial charge in [-0.2, -0.15) is 0 Å². The molecule has 1 saturated heterocycles.